The smallest absolute Gasteiger partial charge is 0.289 e. The Labute approximate surface area is 161 Å². The maximum absolute atomic E-state index is 12.5. The fourth-order valence-electron chi connectivity index (χ4n) is 3.63. The second kappa shape index (κ2) is 6.84. The number of anilines is 1. The van der Waals surface area contributed by atoms with Crippen LogP contribution < -0.4 is 4.90 Å². The lowest BCUT2D eigenvalue weighted by Gasteiger charge is -2.35. The monoisotopic (exact) mass is 373 g/mol. The maximum atomic E-state index is 12.5. The lowest BCUT2D eigenvalue weighted by Crippen LogP contribution is -2.49. The van der Waals surface area contributed by atoms with Gasteiger partial charge in [0.15, 0.2) is 17.2 Å². The molecule has 0 saturated carbocycles. The third-order valence-corrected chi connectivity index (χ3v) is 5.08. The van der Waals surface area contributed by atoms with Crippen molar-refractivity contribution in [3.05, 3.63) is 73.1 Å². The molecule has 0 spiro atoms. The second-order valence-corrected chi connectivity index (χ2v) is 6.71. The standard InChI is InChI=1S/C21H19N5O2/c27-21(18-7-4-14-28-18)25-12-10-24(11-13-25)19-20-23-15-17(26(20)9-8-22-19)16-5-2-1-3-6-16/h1-9,14-15H,10-13H2. The minimum Gasteiger partial charge on any atom is -0.459 e. The highest BCUT2D eigenvalue weighted by Gasteiger charge is 2.25. The van der Waals surface area contributed by atoms with Gasteiger partial charge in [0.05, 0.1) is 18.2 Å². The predicted octanol–water partition coefficient (Wildman–Crippen LogP) is 2.95. The molecule has 0 bridgehead atoms. The Bertz CT molecular complexity index is 1100. The van der Waals surface area contributed by atoms with Crippen molar-refractivity contribution in [1.82, 2.24) is 19.3 Å². The maximum Gasteiger partial charge on any atom is 0.289 e. The number of piperazine rings is 1. The van der Waals surface area contributed by atoms with Crippen molar-refractivity contribution < 1.29 is 9.21 Å². The summed E-state index contributed by atoms with van der Waals surface area (Å²) in [6.07, 6.45) is 7.14. The van der Waals surface area contributed by atoms with Gasteiger partial charge in [0.2, 0.25) is 0 Å². The number of fused-ring (bicyclic) bond motifs is 1. The van der Waals surface area contributed by atoms with Crippen LogP contribution in [0.2, 0.25) is 0 Å². The first-order valence-electron chi connectivity index (χ1n) is 9.26. The average Bonchev–Trinajstić information content (AvgIpc) is 3.44. The zero-order chi connectivity index (χ0) is 18.9. The van der Waals surface area contributed by atoms with E-state index in [1.807, 2.05) is 35.5 Å². The van der Waals surface area contributed by atoms with Crippen LogP contribution in [-0.4, -0.2) is 51.4 Å². The summed E-state index contributed by atoms with van der Waals surface area (Å²) in [5.74, 6) is 1.16. The molecule has 28 heavy (non-hydrogen) atoms. The van der Waals surface area contributed by atoms with Gasteiger partial charge in [-0.2, -0.15) is 0 Å². The first-order valence-corrected chi connectivity index (χ1v) is 9.26. The molecule has 1 aliphatic heterocycles. The molecule has 0 aliphatic carbocycles. The Kier molecular flexibility index (Phi) is 4.05. The zero-order valence-corrected chi connectivity index (χ0v) is 15.2. The van der Waals surface area contributed by atoms with Gasteiger partial charge in [0.1, 0.15) is 0 Å². The van der Waals surface area contributed by atoms with Gasteiger partial charge in [-0.05, 0) is 12.1 Å². The van der Waals surface area contributed by atoms with E-state index in [1.54, 1.807) is 18.3 Å². The molecule has 5 rings (SSSR count). The molecule has 3 aromatic heterocycles. The van der Waals surface area contributed by atoms with Gasteiger partial charge >= 0.3 is 0 Å². The van der Waals surface area contributed by atoms with E-state index in [0.29, 0.717) is 31.9 Å². The molecule has 0 N–H and O–H groups in total. The summed E-state index contributed by atoms with van der Waals surface area (Å²) in [4.78, 5) is 25.7. The van der Waals surface area contributed by atoms with Gasteiger partial charge < -0.3 is 14.2 Å². The molecule has 1 aromatic carbocycles. The van der Waals surface area contributed by atoms with Crippen LogP contribution in [-0.2, 0) is 0 Å². The number of carbonyl (C=O) groups is 1. The van der Waals surface area contributed by atoms with Crippen LogP contribution in [0.4, 0.5) is 5.82 Å². The topological polar surface area (TPSA) is 66.9 Å². The van der Waals surface area contributed by atoms with Gasteiger partial charge in [-0.15, -0.1) is 0 Å². The second-order valence-electron chi connectivity index (χ2n) is 6.71. The molecule has 4 aromatic rings. The molecule has 1 amide bonds. The predicted molar refractivity (Wildman–Crippen MR) is 105 cm³/mol. The van der Waals surface area contributed by atoms with Gasteiger partial charge in [-0.25, -0.2) is 9.97 Å². The van der Waals surface area contributed by atoms with Crippen molar-refractivity contribution >= 4 is 17.4 Å². The molecular formula is C21H19N5O2. The highest BCUT2D eigenvalue weighted by Crippen LogP contribution is 2.25. The molecule has 0 unspecified atom stereocenters. The molecule has 1 aliphatic rings. The molecular weight excluding hydrogens is 354 g/mol. The lowest BCUT2D eigenvalue weighted by atomic mass is 10.2. The number of aromatic nitrogens is 3. The SMILES string of the molecule is O=C(c1ccco1)N1CCN(c2nccn3c(-c4ccccc4)cnc23)CC1. The van der Waals surface area contributed by atoms with Crippen molar-refractivity contribution in [2.45, 2.75) is 0 Å². The van der Waals surface area contributed by atoms with Crippen LogP contribution >= 0.6 is 0 Å². The summed E-state index contributed by atoms with van der Waals surface area (Å²) in [6, 6.07) is 13.6. The van der Waals surface area contributed by atoms with Crippen molar-refractivity contribution in [1.29, 1.82) is 0 Å². The van der Waals surface area contributed by atoms with Crippen molar-refractivity contribution in [2.75, 3.05) is 31.1 Å². The van der Waals surface area contributed by atoms with Crippen LogP contribution in [0.5, 0.6) is 0 Å². The average molecular weight is 373 g/mol. The molecule has 140 valence electrons. The van der Waals surface area contributed by atoms with Crippen LogP contribution in [0.15, 0.2) is 71.7 Å². The molecule has 0 atom stereocenters. The van der Waals surface area contributed by atoms with E-state index >= 15 is 0 Å². The number of hydrogen-bond acceptors (Lipinski definition) is 5. The quantitative estimate of drug-likeness (QED) is 0.552. The third-order valence-electron chi connectivity index (χ3n) is 5.08. The van der Waals surface area contributed by atoms with Crippen molar-refractivity contribution in [2.24, 2.45) is 0 Å². The number of benzene rings is 1. The number of carbonyl (C=O) groups excluding carboxylic acids is 1. The van der Waals surface area contributed by atoms with Crippen LogP contribution in [0.1, 0.15) is 10.6 Å². The molecule has 1 fully saturated rings. The normalized spacial score (nSPS) is 14.6. The van der Waals surface area contributed by atoms with Crippen LogP contribution in [0, 0.1) is 0 Å². The summed E-state index contributed by atoms with van der Waals surface area (Å²) >= 11 is 0. The first kappa shape index (κ1) is 16.6. The first-order chi connectivity index (χ1) is 13.8. The van der Waals surface area contributed by atoms with E-state index in [2.05, 4.69) is 31.4 Å². The summed E-state index contributed by atoms with van der Waals surface area (Å²) < 4.78 is 7.30. The number of imidazole rings is 1. The highest BCUT2D eigenvalue weighted by molar-refractivity contribution is 5.91. The summed E-state index contributed by atoms with van der Waals surface area (Å²) in [7, 11) is 0. The Morgan fingerprint density at radius 3 is 2.54 bits per heavy atom. The highest BCUT2D eigenvalue weighted by atomic mass is 16.3. The molecule has 0 radical (unpaired) electrons. The van der Waals surface area contributed by atoms with Gasteiger partial charge in [0, 0.05) is 44.1 Å². The summed E-state index contributed by atoms with van der Waals surface area (Å²) in [5, 5.41) is 0. The van der Waals surface area contributed by atoms with Gasteiger partial charge in [0.25, 0.3) is 5.91 Å². The van der Waals surface area contributed by atoms with Crippen molar-refractivity contribution in [3.8, 4) is 11.3 Å². The summed E-state index contributed by atoms with van der Waals surface area (Å²) in [6.45, 7) is 2.64. The number of rotatable bonds is 3. The number of nitrogens with zero attached hydrogens (tertiary/aromatic N) is 5. The third kappa shape index (κ3) is 2.81. The fraction of sp³-hybridized carbons (Fsp3) is 0.190. The fourth-order valence-corrected chi connectivity index (χ4v) is 3.63. The van der Waals surface area contributed by atoms with E-state index in [9.17, 15) is 4.79 Å². The molecule has 1 saturated heterocycles. The molecule has 7 heteroatoms. The lowest BCUT2D eigenvalue weighted by molar-refractivity contribution is 0.0714. The Morgan fingerprint density at radius 2 is 1.79 bits per heavy atom. The molecule has 7 nitrogen and oxygen atoms in total. The van der Waals surface area contributed by atoms with E-state index < -0.39 is 0 Å². The zero-order valence-electron chi connectivity index (χ0n) is 15.2. The Balaban J connectivity index is 1.39. The van der Waals surface area contributed by atoms with Gasteiger partial charge in [-0.3, -0.25) is 9.20 Å². The number of furan rings is 1. The van der Waals surface area contributed by atoms with Crippen LogP contribution in [0.25, 0.3) is 16.9 Å². The Morgan fingerprint density at radius 1 is 0.964 bits per heavy atom. The van der Waals surface area contributed by atoms with Crippen LogP contribution in [0.3, 0.4) is 0 Å². The minimum absolute atomic E-state index is 0.0667. The molecule has 4 heterocycles. The van der Waals surface area contributed by atoms with E-state index in [0.717, 1.165) is 22.7 Å². The van der Waals surface area contributed by atoms with Crippen molar-refractivity contribution in [3.63, 3.8) is 0 Å². The minimum atomic E-state index is -0.0667. The van der Waals surface area contributed by atoms with E-state index in [-0.39, 0.29) is 5.91 Å². The van der Waals surface area contributed by atoms with Gasteiger partial charge in [-0.1, -0.05) is 30.3 Å². The number of amides is 1. The Hall–Kier alpha value is -3.61. The number of hydrogen-bond donors (Lipinski definition) is 0. The largest absolute Gasteiger partial charge is 0.459 e. The summed E-state index contributed by atoms with van der Waals surface area (Å²) in [5.41, 5.74) is 2.97. The van der Waals surface area contributed by atoms with E-state index in [1.165, 1.54) is 6.26 Å². The van der Waals surface area contributed by atoms with E-state index in [4.69, 9.17) is 4.42 Å².